The molecule has 3 N–H and O–H groups in total. The third-order valence-corrected chi connectivity index (χ3v) is 4.02. The number of rotatable bonds is 9. The second-order valence-electron chi connectivity index (χ2n) is 6.17. The molecule has 1 heterocycles. The molecule has 126 valence electrons. The first kappa shape index (κ1) is 18.8. The predicted octanol–water partition coefficient (Wildman–Crippen LogP) is 0.0912. The second kappa shape index (κ2) is 9.71. The lowest BCUT2D eigenvalue weighted by Gasteiger charge is -2.44. The molecule has 6 heteroatoms. The average molecular weight is 303 g/mol. The predicted molar refractivity (Wildman–Crippen MR) is 83.6 cm³/mol. The van der Waals surface area contributed by atoms with Gasteiger partial charge in [-0.25, -0.2) is 0 Å². The number of hydrogen-bond donors (Lipinski definition) is 3. The van der Waals surface area contributed by atoms with Gasteiger partial charge in [0.2, 0.25) is 0 Å². The van der Waals surface area contributed by atoms with E-state index < -0.39 is 0 Å². The number of nitrogens with zero attached hydrogens (tertiary/aromatic N) is 3. The SMILES string of the molecule is CCC(O)CN1CN(CC(O)CC)CN(CC(O)CC)C1. The van der Waals surface area contributed by atoms with Gasteiger partial charge in [-0.1, -0.05) is 20.8 Å². The largest absolute Gasteiger partial charge is 0.392 e. The summed E-state index contributed by atoms with van der Waals surface area (Å²) in [6.45, 7) is 10.1. The van der Waals surface area contributed by atoms with E-state index in [1.54, 1.807) is 0 Å². The highest BCUT2D eigenvalue weighted by molar-refractivity contribution is 4.75. The summed E-state index contributed by atoms with van der Waals surface area (Å²) in [5.41, 5.74) is 0. The number of hydrogen-bond acceptors (Lipinski definition) is 6. The number of aliphatic hydroxyl groups excluding tert-OH is 3. The summed E-state index contributed by atoms with van der Waals surface area (Å²) in [7, 11) is 0. The molecule has 0 bridgehead atoms. The van der Waals surface area contributed by atoms with Gasteiger partial charge in [0, 0.05) is 19.6 Å². The minimum atomic E-state index is -0.320. The van der Waals surface area contributed by atoms with E-state index in [1.165, 1.54) is 0 Å². The zero-order valence-electron chi connectivity index (χ0n) is 13.8. The molecule has 3 unspecified atom stereocenters. The Balaban J connectivity index is 2.59. The molecule has 0 spiro atoms. The maximum absolute atomic E-state index is 9.86. The third kappa shape index (κ3) is 7.04. The smallest absolute Gasteiger partial charge is 0.0665 e. The van der Waals surface area contributed by atoms with E-state index >= 15 is 0 Å². The Labute approximate surface area is 129 Å². The summed E-state index contributed by atoms with van der Waals surface area (Å²) in [5.74, 6) is 0. The molecule has 0 radical (unpaired) electrons. The molecule has 3 atom stereocenters. The Morgan fingerprint density at radius 1 is 0.619 bits per heavy atom. The van der Waals surface area contributed by atoms with E-state index in [1.807, 2.05) is 20.8 Å². The van der Waals surface area contributed by atoms with Crippen molar-refractivity contribution in [1.82, 2.24) is 14.7 Å². The normalized spacial score (nSPS) is 23.1. The lowest BCUT2D eigenvalue weighted by Crippen LogP contribution is -2.58. The summed E-state index contributed by atoms with van der Waals surface area (Å²) in [4.78, 5) is 6.55. The van der Waals surface area contributed by atoms with E-state index in [4.69, 9.17) is 0 Å². The average Bonchev–Trinajstić information content (AvgIpc) is 2.46. The Bertz CT molecular complexity index is 232. The van der Waals surface area contributed by atoms with Gasteiger partial charge in [-0.15, -0.1) is 0 Å². The lowest BCUT2D eigenvalue weighted by molar-refractivity contribution is -0.0716. The van der Waals surface area contributed by atoms with Crippen LogP contribution in [0.5, 0.6) is 0 Å². The fraction of sp³-hybridized carbons (Fsp3) is 1.00. The van der Waals surface area contributed by atoms with Crippen LogP contribution in [0.4, 0.5) is 0 Å². The molecular weight excluding hydrogens is 270 g/mol. The monoisotopic (exact) mass is 303 g/mol. The van der Waals surface area contributed by atoms with E-state index in [2.05, 4.69) is 14.7 Å². The van der Waals surface area contributed by atoms with Gasteiger partial charge in [-0.2, -0.15) is 0 Å². The molecule has 0 aromatic heterocycles. The molecule has 1 saturated heterocycles. The zero-order valence-corrected chi connectivity index (χ0v) is 13.8. The van der Waals surface area contributed by atoms with Crippen LogP contribution in [-0.4, -0.2) is 88.0 Å². The Morgan fingerprint density at radius 2 is 0.857 bits per heavy atom. The van der Waals surface area contributed by atoms with Gasteiger partial charge in [-0.05, 0) is 19.3 Å². The second-order valence-corrected chi connectivity index (χ2v) is 6.17. The van der Waals surface area contributed by atoms with Crippen LogP contribution in [0.1, 0.15) is 40.0 Å². The molecular formula is C15H33N3O3. The Kier molecular flexibility index (Phi) is 8.70. The van der Waals surface area contributed by atoms with Crippen LogP contribution < -0.4 is 0 Å². The first-order chi connectivity index (χ1) is 9.98. The summed E-state index contributed by atoms with van der Waals surface area (Å²) >= 11 is 0. The maximum Gasteiger partial charge on any atom is 0.0665 e. The molecule has 1 aliphatic heterocycles. The van der Waals surface area contributed by atoms with Gasteiger partial charge in [0.15, 0.2) is 0 Å². The lowest BCUT2D eigenvalue weighted by atomic mass is 10.2. The minimum Gasteiger partial charge on any atom is -0.392 e. The van der Waals surface area contributed by atoms with Crippen molar-refractivity contribution >= 4 is 0 Å². The first-order valence-corrected chi connectivity index (χ1v) is 8.19. The Morgan fingerprint density at radius 3 is 1.05 bits per heavy atom. The van der Waals surface area contributed by atoms with Gasteiger partial charge >= 0.3 is 0 Å². The standard InChI is InChI=1S/C15H33N3O3/c1-4-13(19)7-16-10-17(8-14(20)5-2)12-18(11-16)9-15(21)6-3/h13-15,19-21H,4-12H2,1-3H3. The van der Waals surface area contributed by atoms with Crippen molar-refractivity contribution in [2.45, 2.75) is 58.3 Å². The van der Waals surface area contributed by atoms with Crippen LogP contribution in [0.25, 0.3) is 0 Å². The highest BCUT2D eigenvalue weighted by Crippen LogP contribution is 2.11. The van der Waals surface area contributed by atoms with Crippen molar-refractivity contribution in [3.63, 3.8) is 0 Å². The van der Waals surface area contributed by atoms with Crippen molar-refractivity contribution in [3.05, 3.63) is 0 Å². The van der Waals surface area contributed by atoms with Crippen LogP contribution >= 0.6 is 0 Å². The zero-order chi connectivity index (χ0) is 15.8. The fourth-order valence-corrected chi connectivity index (χ4v) is 2.61. The fourth-order valence-electron chi connectivity index (χ4n) is 2.61. The molecule has 1 rings (SSSR count). The molecule has 0 aromatic carbocycles. The van der Waals surface area contributed by atoms with Gasteiger partial charge in [0.1, 0.15) is 0 Å². The van der Waals surface area contributed by atoms with Gasteiger partial charge in [0.05, 0.1) is 38.3 Å². The van der Waals surface area contributed by atoms with E-state index in [9.17, 15) is 15.3 Å². The van der Waals surface area contributed by atoms with Crippen LogP contribution in [0.3, 0.4) is 0 Å². The summed E-state index contributed by atoms with van der Waals surface area (Å²) < 4.78 is 0. The van der Waals surface area contributed by atoms with Crippen molar-refractivity contribution < 1.29 is 15.3 Å². The van der Waals surface area contributed by atoms with Crippen molar-refractivity contribution in [1.29, 1.82) is 0 Å². The van der Waals surface area contributed by atoms with Gasteiger partial charge in [0.25, 0.3) is 0 Å². The third-order valence-electron chi connectivity index (χ3n) is 4.02. The molecule has 0 aromatic rings. The summed E-state index contributed by atoms with van der Waals surface area (Å²) in [5, 5.41) is 29.6. The molecule has 21 heavy (non-hydrogen) atoms. The van der Waals surface area contributed by atoms with Crippen molar-refractivity contribution in [2.75, 3.05) is 39.6 Å². The van der Waals surface area contributed by atoms with Crippen LogP contribution in [0, 0.1) is 0 Å². The van der Waals surface area contributed by atoms with E-state index in [0.717, 1.165) is 39.3 Å². The minimum absolute atomic E-state index is 0.320. The van der Waals surface area contributed by atoms with Gasteiger partial charge < -0.3 is 15.3 Å². The molecule has 1 aliphatic rings. The Hall–Kier alpha value is -0.240. The quantitative estimate of drug-likeness (QED) is 0.561. The summed E-state index contributed by atoms with van der Waals surface area (Å²) in [6, 6.07) is 0. The van der Waals surface area contributed by atoms with Crippen LogP contribution in [0.2, 0.25) is 0 Å². The number of β-amino-alcohol motifs (C(OH)–C–C–N with tert-alkyl or cyclic N) is 3. The molecule has 0 saturated carbocycles. The highest BCUT2D eigenvalue weighted by atomic mass is 16.3. The van der Waals surface area contributed by atoms with E-state index in [-0.39, 0.29) is 18.3 Å². The van der Waals surface area contributed by atoms with Crippen LogP contribution in [0.15, 0.2) is 0 Å². The van der Waals surface area contributed by atoms with Crippen molar-refractivity contribution in [3.8, 4) is 0 Å². The number of aliphatic hydroxyl groups is 3. The molecule has 1 fully saturated rings. The van der Waals surface area contributed by atoms with Crippen molar-refractivity contribution in [2.24, 2.45) is 0 Å². The first-order valence-electron chi connectivity index (χ1n) is 8.19. The van der Waals surface area contributed by atoms with Gasteiger partial charge in [-0.3, -0.25) is 14.7 Å². The van der Waals surface area contributed by atoms with E-state index in [0.29, 0.717) is 19.6 Å². The highest BCUT2D eigenvalue weighted by Gasteiger charge is 2.26. The van der Waals surface area contributed by atoms with Crippen LogP contribution in [-0.2, 0) is 0 Å². The topological polar surface area (TPSA) is 70.4 Å². The summed E-state index contributed by atoms with van der Waals surface area (Å²) in [6.07, 6.45) is 1.26. The maximum atomic E-state index is 9.86. The molecule has 0 aliphatic carbocycles. The molecule has 6 nitrogen and oxygen atoms in total. The molecule has 0 amide bonds.